The molecule has 0 spiro atoms. The van der Waals surface area contributed by atoms with E-state index in [1.807, 2.05) is 12.1 Å². The van der Waals surface area contributed by atoms with Gasteiger partial charge in [0.1, 0.15) is 0 Å². The summed E-state index contributed by atoms with van der Waals surface area (Å²) in [6.07, 6.45) is 5.62. The number of rotatable bonds is 5. The van der Waals surface area contributed by atoms with Gasteiger partial charge >= 0.3 is 0 Å². The highest BCUT2D eigenvalue weighted by molar-refractivity contribution is 7.80. The molecular weight excluding hydrogens is 306 g/mol. The van der Waals surface area contributed by atoms with Crippen molar-refractivity contribution in [2.24, 2.45) is 10.2 Å². The lowest BCUT2D eigenvalue weighted by molar-refractivity contribution is 0.965. The Morgan fingerprint density at radius 3 is 2.57 bits per heavy atom. The molecule has 112 valence electrons. The number of pyridine rings is 1. The molecule has 9 heteroatoms. The van der Waals surface area contributed by atoms with Crippen LogP contribution in [0.5, 0.6) is 0 Å². The van der Waals surface area contributed by atoms with Crippen molar-refractivity contribution in [1.82, 2.24) is 26.5 Å². The lowest BCUT2D eigenvalue weighted by Gasteiger charge is -2.05. The van der Waals surface area contributed by atoms with E-state index in [2.05, 4.69) is 36.7 Å². The normalized spacial score (nSPS) is 11.0. The van der Waals surface area contributed by atoms with Gasteiger partial charge in [-0.05, 0) is 36.1 Å². The van der Waals surface area contributed by atoms with Gasteiger partial charge in [0, 0.05) is 32.9 Å². The summed E-state index contributed by atoms with van der Waals surface area (Å²) >= 11 is 9.91. The molecule has 0 aliphatic heterocycles. The van der Waals surface area contributed by atoms with Crippen LogP contribution in [0.1, 0.15) is 5.56 Å². The maximum atomic E-state index is 4.98. The molecule has 0 aliphatic carbocycles. The molecule has 0 aliphatic rings. The molecule has 4 N–H and O–H groups in total. The van der Waals surface area contributed by atoms with Crippen LogP contribution in [0.4, 0.5) is 0 Å². The van der Waals surface area contributed by atoms with Gasteiger partial charge in [0.15, 0.2) is 10.2 Å². The quantitative estimate of drug-likeness (QED) is 0.349. The molecule has 0 amide bonds. The van der Waals surface area contributed by atoms with Crippen molar-refractivity contribution in [1.29, 1.82) is 0 Å². The minimum Gasteiger partial charge on any atom is -0.364 e. The van der Waals surface area contributed by atoms with Crippen LogP contribution >= 0.6 is 24.4 Å². The lowest BCUT2D eigenvalue weighted by Crippen LogP contribution is -2.31. The molecule has 0 bridgehead atoms. The van der Waals surface area contributed by atoms with E-state index in [4.69, 9.17) is 24.4 Å². The lowest BCUT2D eigenvalue weighted by atomic mass is 10.1. The van der Waals surface area contributed by atoms with E-state index in [-0.39, 0.29) is 0 Å². The first-order chi connectivity index (χ1) is 10.2. The Morgan fingerprint density at radius 1 is 1.24 bits per heavy atom. The van der Waals surface area contributed by atoms with Gasteiger partial charge in [0.2, 0.25) is 0 Å². The predicted octanol–water partition coefficient (Wildman–Crippen LogP) is 0.154. The van der Waals surface area contributed by atoms with Gasteiger partial charge in [0.05, 0.1) is 11.9 Å². The first-order valence-electron chi connectivity index (χ1n) is 6.09. The third-order valence-corrected chi connectivity index (χ3v) is 2.83. The molecule has 7 nitrogen and oxygen atoms in total. The van der Waals surface area contributed by atoms with E-state index in [0.717, 1.165) is 5.56 Å². The Morgan fingerprint density at radius 2 is 1.95 bits per heavy atom. The van der Waals surface area contributed by atoms with Crippen molar-refractivity contribution in [2.45, 2.75) is 6.42 Å². The second-order valence-corrected chi connectivity index (χ2v) is 4.60. The number of nitrogens with one attached hydrogen (secondary N) is 4. The summed E-state index contributed by atoms with van der Waals surface area (Å²) in [4.78, 5) is 4.07. The summed E-state index contributed by atoms with van der Waals surface area (Å²) in [5.41, 5.74) is 7.08. The summed E-state index contributed by atoms with van der Waals surface area (Å²) in [6, 6.07) is 3.82. The molecule has 1 heterocycles. The molecule has 0 saturated heterocycles. The molecule has 0 radical (unpaired) electrons. The van der Waals surface area contributed by atoms with Gasteiger partial charge in [0.25, 0.3) is 0 Å². The van der Waals surface area contributed by atoms with Crippen LogP contribution in [0.25, 0.3) is 0 Å². The molecule has 0 atom stereocenters. The Kier molecular flexibility index (Phi) is 7.84. The fourth-order valence-corrected chi connectivity index (χ4v) is 1.32. The van der Waals surface area contributed by atoms with E-state index in [0.29, 0.717) is 22.4 Å². The minimum atomic E-state index is 0.422. The molecule has 21 heavy (non-hydrogen) atoms. The van der Waals surface area contributed by atoms with Crippen molar-refractivity contribution in [3.05, 3.63) is 30.1 Å². The average Bonchev–Trinajstić information content (AvgIpc) is 2.52. The van der Waals surface area contributed by atoms with Crippen molar-refractivity contribution >= 4 is 46.6 Å². The maximum Gasteiger partial charge on any atom is 0.186 e. The van der Waals surface area contributed by atoms with E-state index >= 15 is 0 Å². The smallest absolute Gasteiger partial charge is 0.186 e. The average molecular weight is 323 g/mol. The number of thiocarbonyl (C=S) groups is 2. The molecular formula is C12H17N7S2. The summed E-state index contributed by atoms with van der Waals surface area (Å²) < 4.78 is 0. The van der Waals surface area contributed by atoms with Crippen LogP contribution in [0.3, 0.4) is 0 Å². The highest BCUT2D eigenvalue weighted by Gasteiger charge is 2.00. The SMILES string of the molecule is CNC(=S)N/N=C(\C=N\NC(=S)NC)Cc1cccnc1. The third-order valence-electron chi connectivity index (χ3n) is 2.24. The largest absolute Gasteiger partial charge is 0.364 e. The van der Waals surface area contributed by atoms with Gasteiger partial charge in [-0.2, -0.15) is 10.2 Å². The van der Waals surface area contributed by atoms with Gasteiger partial charge in [-0.15, -0.1) is 0 Å². The first-order valence-corrected chi connectivity index (χ1v) is 6.91. The zero-order valence-corrected chi connectivity index (χ0v) is 13.4. The third kappa shape index (κ3) is 7.28. The molecule has 0 saturated carbocycles. The fraction of sp³-hybridized carbons (Fsp3) is 0.250. The van der Waals surface area contributed by atoms with Crippen molar-refractivity contribution in [3.8, 4) is 0 Å². The van der Waals surface area contributed by atoms with Crippen LogP contribution in [0.2, 0.25) is 0 Å². The highest BCUT2D eigenvalue weighted by atomic mass is 32.1. The summed E-state index contributed by atoms with van der Waals surface area (Å²) in [7, 11) is 3.43. The predicted molar refractivity (Wildman–Crippen MR) is 93.5 cm³/mol. The monoisotopic (exact) mass is 323 g/mol. The summed E-state index contributed by atoms with van der Waals surface area (Å²) in [5.74, 6) is 0. The summed E-state index contributed by atoms with van der Waals surface area (Å²) in [5, 5.41) is 14.6. The molecule has 0 aromatic carbocycles. The topological polar surface area (TPSA) is 85.7 Å². The van der Waals surface area contributed by atoms with Crippen molar-refractivity contribution < 1.29 is 0 Å². The highest BCUT2D eigenvalue weighted by Crippen LogP contribution is 1.98. The Bertz CT molecular complexity index is 528. The van der Waals surface area contributed by atoms with Crippen molar-refractivity contribution in [3.63, 3.8) is 0 Å². The van der Waals surface area contributed by atoms with Gasteiger partial charge in [-0.3, -0.25) is 15.8 Å². The number of nitrogens with zero attached hydrogens (tertiary/aromatic N) is 3. The standard InChI is InChI=1S/C12H17N7S2/c1-13-11(20)18-16-8-10(17-19-12(21)14-2)6-9-4-3-5-15-7-9/h3-5,7-8H,6H2,1-2H3,(H2,13,18,20)(H2,14,19,21)/b16-8+,17-10-. The molecule has 1 aromatic heterocycles. The number of hydrogen-bond acceptors (Lipinski definition) is 5. The molecule has 1 aromatic rings. The van der Waals surface area contributed by atoms with Crippen LogP contribution in [0.15, 0.2) is 34.7 Å². The van der Waals surface area contributed by atoms with Gasteiger partial charge in [-0.1, -0.05) is 6.07 Å². The van der Waals surface area contributed by atoms with E-state index in [1.165, 1.54) is 0 Å². The molecule has 0 unspecified atom stereocenters. The van der Waals surface area contributed by atoms with Gasteiger partial charge in [-0.25, -0.2) is 0 Å². The van der Waals surface area contributed by atoms with Crippen LogP contribution < -0.4 is 21.5 Å². The van der Waals surface area contributed by atoms with E-state index in [1.54, 1.807) is 32.7 Å². The second kappa shape index (κ2) is 9.72. The van der Waals surface area contributed by atoms with Crippen molar-refractivity contribution in [2.75, 3.05) is 14.1 Å². The van der Waals surface area contributed by atoms with E-state index in [9.17, 15) is 0 Å². The summed E-state index contributed by atoms with van der Waals surface area (Å²) in [6.45, 7) is 0. The Labute approximate surface area is 134 Å². The first kappa shape index (κ1) is 16.9. The number of hydrogen-bond donors (Lipinski definition) is 4. The fourth-order valence-electron chi connectivity index (χ4n) is 1.23. The van der Waals surface area contributed by atoms with Crippen LogP contribution in [-0.4, -0.2) is 41.2 Å². The molecule has 0 fully saturated rings. The molecule has 1 rings (SSSR count). The second-order valence-electron chi connectivity index (χ2n) is 3.78. The zero-order valence-electron chi connectivity index (χ0n) is 11.8. The van der Waals surface area contributed by atoms with Crippen LogP contribution in [-0.2, 0) is 6.42 Å². The Hall–Kier alpha value is -2.13. The van der Waals surface area contributed by atoms with Crippen LogP contribution in [0, 0.1) is 0 Å². The minimum absolute atomic E-state index is 0.422. The van der Waals surface area contributed by atoms with Gasteiger partial charge < -0.3 is 10.6 Å². The number of aromatic nitrogens is 1. The maximum absolute atomic E-state index is 4.98. The zero-order chi connectivity index (χ0) is 15.5. The Balaban J connectivity index is 2.74. The number of hydrazone groups is 2. The van der Waals surface area contributed by atoms with E-state index < -0.39 is 0 Å².